The Kier molecular flexibility index (Phi) is 5.59. The third-order valence-electron chi connectivity index (χ3n) is 3.42. The van der Waals surface area contributed by atoms with Gasteiger partial charge in [-0.05, 0) is 30.7 Å². The fourth-order valence-electron chi connectivity index (χ4n) is 2.34. The van der Waals surface area contributed by atoms with Crippen molar-refractivity contribution in [2.45, 2.75) is 19.4 Å². The first kappa shape index (κ1) is 15.8. The summed E-state index contributed by atoms with van der Waals surface area (Å²) >= 11 is 6.20. The topological polar surface area (TPSA) is 21.3 Å². The Morgan fingerprint density at radius 3 is 2.62 bits per heavy atom. The first-order chi connectivity index (χ1) is 10.2. The predicted molar refractivity (Wildman–Crippen MR) is 84.5 cm³/mol. The molecule has 0 saturated heterocycles. The van der Waals surface area contributed by atoms with E-state index in [2.05, 4.69) is 5.32 Å². The lowest BCUT2D eigenvalue weighted by Crippen LogP contribution is -2.24. The van der Waals surface area contributed by atoms with Gasteiger partial charge >= 0.3 is 0 Å². The van der Waals surface area contributed by atoms with E-state index in [0.29, 0.717) is 22.8 Å². The van der Waals surface area contributed by atoms with Crippen LogP contribution in [0.25, 0.3) is 0 Å². The Balaban J connectivity index is 2.29. The highest BCUT2D eigenvalue weighted by molar-refractivity contribution is 6.31. The zero-order valence-electron chi connectivity index (χ0n) is 12.2. The molecular formula is C17H19ClFNO. The molecule has 1 N–H and O–H groups in total. The molecule has 1 atom stereocenters. The Bertz CT molecular complexity index is 603. The van der Waals surface area contributed by atoms with Gasteiger partial charge < -0.3 is 10.1 Å². The molecule has 0 heterocycles. The number of halogens is 2. The summed E-state index contributed by atoms with van der Waals surface area (Å²) < 4.78 is 19.3. The summed E-state index contributed by atoms with van der Waals surface area (Å²) in [5.74, 6) is 0.247. The maximum atomic E-state index is 14.3. The quantitative estimate of drug-likeness (QED) is 0.855. The van der Waals surface area contributed by atoms with Gasteiger partial charge in [0.1, 0.15) is 11.6 Å². The van der Waals surface area contributed by atoms with Gasteiger partial charge in [-0.1, -0.05) is 42.8 Å². The third-order valence-corrected chi connectivity index (χ3v) is 3.78. The molecule has 0 fully saturated rings. The minimum atomic E-state index is -0.271. The van der Waals surface area contributed by atoms with Gasteiger partial charge in [-0.2, -0.15) is 0 Å². The maximum Gasteiger partial charge on any atom is 0.131 e. The SMILES string of the molecule is CCNC(Cc1ccccc1Cl)c1ccc(OC)cc1F. The number of rotatable bonds is 6. The van der Waals surface area contributed by atoms with Gasteiger partial charge in [-0.3, -0.25) is 0 Å². The van der Waals surface area contributed by atoms with Crippen LogP contribution < -0.4 is 10.1 Å². The van der Waals surface area contributed by atoms with E-state index in [9.17, 15) is 4.39 Å². The molecule has 2 rings (SSSR count). The van der Waals surface area contributed by atoms with Crippen LogP contribution in [0.1, 0.15) is 24.1 Å². The summed E-state index contributed by atoms with van der Waals surface area (Å²) in [5, 5.41) is 4.02. The number of likely N-dealkylation sites (N-methyl/N-ethyl adjacent to an activating group) is 1. The molecule has 0 aliphatic rings. The van der Waals surface area contributed by atoms with Gasteiger partial charge in [0.2, 0.25) is 0 Å². The van der Waals surface area contributed by atoms with Crippen molar-refractivity contribution in [1.29, 1.82) is 0 Å². The Morgan fingerprint density at radius 1 is 1.24 bits per heavy atom. The first-order valence-corrected chi connectivity index (χ1v) is 7.33. The van der Waals surface area contributed by atoms with Crippen molar-refractivity contribution in [2.24, 2.45) is 0 Å². The predicted octanol–water partition coefficient (Wildman–Crippen LogP) is 4.38. The minimum absolute atomic E-state index is 0.124. The van der Waals surface area contributed by atoms with Gasteiger partial charge in [0, 0.05) is 22.7 Å². The van der Waals surface area contributed by atoms with E-state index in [0.717, 1.165) is 12.1 Å². The fraction of sp³-hybridized carbons (Fsp3) is 0.294. The van der Waals surface area contributed by atoms with Crippen molar-refractivity contribution >= 4 is 11.6 Å². The summed E-state index contributed by atoms with van der Waals surface area (Å²) in [4.78, 5) is 0. The largest absolute Gasteiger partial charge is 0.497 e. The smallest absolute Gasteiger partial charge is 0.131 e. The van der Waals surface area contributed by atoms with Crippen LogP contribution >= 0.6 is 11.6 Å². The molecule has 4 heteroatoms. The zero-order valence-corrected chi connectivity index (χ0v) is 13.0. The van der Waals surface area contributed by atoms with Crippen molar-refractivity contribution in [1.82, 2.24) is 5.32 Å². The summed E-state index contributed by atoms with van der Waals surface area (Å²) in [7, 11) is 1.53. The van der Waals surface area contributed by atoms with Gasteiger partial charge in [0.25, 0.3) is 0 Å². The van der Waals surface area contributed by atoms with Crippen LogP contribution in [-0.4, -0.2) is 13.7 Å². The summed E-state index contributed by atoms with van der Waals surface area (Å²) in [6.45, 7) is 2.75. The van der Waals surface area contributed by atoms with E-state index in [4.69, 9.17) is 16.3 Å². The van der Waals surface area contributed by atoms with E-state index in [1.54, 1.807) is 12.1 Å². The lowest BCUT2D eigenvalue weighted by atomic mass is 9.98. The molecule has 112 valence electrons. The van der Waals surface area contributed by atoms with Gasteiger partial charge in [-0.25, -0.2) is 4.39 Å². The molecule has 0 saturated carbocycles. The average Bonchev–Trinajstić information content (AvgIpc) is 2.49. The normalized spacial score (nSPS) is 12.2. The van der Waals surface area contributed by atoms with Gasteiger partial charge in [0.05, 0.1) is 7.11 Å². The molecule has 0 aliphatic heterocycles. The zero-order chi connectivity index (χ0) is 15.2. The van der Waals surface area contributed by atoms with Crippen molar-refractivity contribution in [3.05, 3.63) is 64.4 Å². The van der Waals surface area contributed by atoms with E-state index in [1.165, 1.54) is 13.2 Å². The van der Waals surface area contributed by atoms with E-state index >= 15 is 0 Å². The Hall–Kier alpha value is -1.58. The molecule has 1 unspecified atom stereocenters. The summed E-state index contributed by atoms with van der Waals surface area (Å²) in [6, 6.07) is 12.5. The van der Waals surface area contributed by atoms with Crippen molar-refractivity contribution in [3.8, 4) is 5.75 Å². The number of methoxy groups -OCH3 is 1. The summed E-state index contributed by atoms with van der Waals surface area (Å²) in [6.07, 6.45) is 0.636. The molecular weight excluding hydrogens is 289 g/mol. The van der Waals surface area contributed by atoms with Crippen LogP contribution in [0.3, 0.4) is 0 Å². The maximum absolute atomic E-state index is 14.3. The lowest BCUT2D eigenvalue weighted by Gasteiger charge is -2.20. The highest BCUT2D eigenvalue weighted by atomic mass is 35.5. The van der Waals surface area contributed by atoms with Gasteiger partial charge in [0.15, 0.2) is 0 Å². The molecule has 0 radical (unpaired) electrons. The Morgan fingerprint density at radius 2 is 2.00 bits per heavy atom. The highest BCUT2D eigenvalue weighted by Crippen LogP contribution is 2.27. The second-order valence-electron chi connectivity index (χ2n) is 4.79. The summed E-state index contributed by atoms with van der Waals surface area (Å²) in [5.41, 5.74) is 1.62. The van der Waals surface area contributed by atoms with Crippen molar-refractivity contribution in [3.63, 3.8) is 0 Å². The van der Waals surface area contributed by atoms with E-state index in [1.807, 2.05) is 31.2 Å². The number of hydrogen-bond donors (Lipinski definition) is 1. The number of hydrogen-bond acceptors (Lipinski definition) is 2. The molecule has 0 aliphatic carbocycles. The van der Waals surface area contributed by atoms with Crippen molar-refractivity contribution in [2.75, 3.05) is 13.7 Å². The van der Waals surface area contributed by atoms with Crippen LogP contribution in [0, 0.1) is 5.82 Å². The van der Waals surface area contributed by atoms with Crippen LogP contribution in [0.2, 0.25) is 5.02 Å². The first-order valence-electron chi connectivity index (χ1n) is 6.96. The fourth-order valence-corrected chi connectivity index (χ4v) is 2.55. The molecule has 2 aromatic carbocycles. The number of ether oxygens (including phenoxy) is 1. The number of nitrogens with one attached hydrogen (secondary N) is 1. The third kappa shape index (κ3) is 3.96. The average molecular weight is 308 g/mol. The molecule has 0 bridgehead atoms. The standard InChI is InChI=1S/C17H19ClFNO/c1-3-20-17(10-12-6-4-5-7-15(12)18)14-9-8-13(21-2)11-16(14)19/h4-9,11,17,20H,3,10H2,1-2H3. The second-order valence-corrected chi connectivity index (χ2v) is 5.20. The van der Waals surface area contributed by atoms with E-state index in [-0.39, 0.29) is 11.9 Å². The molecule has 2 nitrogen and oxygen atoms in total. The van der Waals surface area contributed by atoms with Crippen LogP contribution in [0.4, 0.5) is 4.39 Å². The van der Waals surface area contributed by atoms with Gasteiger partial charge in [-0.15, -0.1) is 0 Å². The number of benzene rings is 2. The van der Waals surface area contributed by atoms with Crippen molar-refractivity contribution < 1.29 is 9.13 Å². The van der Waals surface area contributed by atoms with Crippen LogP contribution in [0.5, 0.6) is 5.75 Å². The van der Waals surface area contributed by atoms with Crippen LogP contribution in [-0.2, 0) is 6.42 Å². The molecule has 2 aromatic rings. The second kappa shape index (κ2) is 7.43. The minimum Gasteiger partial charge on any atom is -0.497 e. The van der Waals surface area contributed by atoms with Crippen LogP contribution in [0.15, 0.2) is 42.5 Å². The highest BCUT2D eigenvalue weighted by Gasteiger charge is 2.17. The Labute approximate surface area is 129 Å². The van der Waals surface area contributed by atoms with E-state index < -0.39 is 0 Å². The molecule has 0 spiro atoms. The monoisotopic (exact) mass is 307 g/mol. The lowest BCUT2D eigenvalue weighted by molar-refractivity contribution is 0.409. The molecule has 21 heavy (non-hydrogen) atoms. The molecule has 0 amide bonds. The molecule has 0 aromatic heterocycles.